The van der Waals surface area contributed by atoms with Crippen molar-refractivity contribution in [2.45, 2.75) is 51.5 Å². The van der Waals surface area contributed by atoms with Crippen LogP contribution in [0.4, 0.5) is 5.69 Å². The Balaban J connectivity index is 1.66. The van der Waals surface area contributed by atoms with Gasteiger partial charge in [0.25, 0.3) is 0 Å². The van der Waals surface area contributed by atoms with Crippen LogP contribution in [0.3, 0.4) is 0 Å². The topological polar surface area (TPSA) is 53.6 Å². The number of nitrogens with zero attached hydrogens (tertiary/aromatic N) is 2. The van der Waals surface area contributed by atoms with Crippen molar-refractivity contribution < 1.29 is 0 Å². The van der Waals surface area contributed by atoms with Crippen LogP contribution in [0.25, 0.3) is 0 Å². The van der Waals surface area contributed by atoms with Crippen molar-refractivity contribution in [1.29, 1.82) is 0 Å². The van der Waals surface area contributed by atoms with Crippen LogP contribution in [0.5, 0.6) is 0 Å². The lowest BCUT2D eigenvalue weighted by molar-refractivity contribution is 0.191. The smallest absolute Gasteiger partial charge is 0.193 e. The molecular weight excluding hydrogens is 272 g/mol. The lowest BCUT2D eigenvalue weighted by Crippen LogP contribution is -2.34. The van der Waals surface area contributed by atoms with E-state index in [0.717, 1.165) is 31.2 Å². The first-order valence-corrected chi connectivity index (χ1v) is 8.49. The Morgan fingerprint density at radius 3 is 2.59 bits per heavy atom. The van der Waals surface area contributed by atoms with Gasteiger partial charge in [0.1, 0.15) is 0 Å². The highest BCUT2D eigenvalue weighted by molar-refractivity contribution is 5.92. The van der Waals surface area contributed by atoms with Gasteiger partial charge >= 0.3 is 0 Å². The molecule has 0 saturated heterocycles. The molecule has 2 rings (SSSR count). The van der Waals surface area contributed by atoms with E-state index in [2.05, 4.69) is 41.3 Å². The number of guanidine groups is 1. The van der Waals surface area contributed by atoms with Gasteiger partial charge in [-0.2, -0.15) is 0 Å². The van der Waals surface area contributed by atoms with E-state index in [1.165, 1.54) is 37.7 Å². The average molecular weight is 302 g/mol. The molecule has 1 aliphatic rings. The molecule has 0 amide bonds. The predicted octanol–water partition coefficient (Wildman–Crippen LogP) is 3.38. The van der Waals surface area contributed by atoms with Gasteiger partial charge in [-0.25, -0.2) is 0 Å². The van der Waals surface area contributed by atoms with Crippen molar-refractivity contribution in [1.82, 2.24) is 4.90 Å². The van der Waals surface area contributed by atoms with E-state index in [0.29, 0.717) is 5.96 Å². The molecule has 1 aromatic carbocycles. The van der Waals surface area contributed by atoms with Crippen molar-refractivity contribution in [3.8, 4) is 0 Å². The van der Waals surface area contributed by atoms with E-state index in [-0.39, 0.29) is 0 Å². The lowest BCUT2D eigenvalue weighted by Gasteiger charge is -2.30. The maximum atomic E-state index is 5.93. The minimum absolute atomic E-state index is 0.504. The number of hydrogen-bond acceptors (Lipinski definition) is 2. The largest absolute Gasteiger partial charge is 0.370 e. The highest BCUT2D eigenvalue weighted by atomic mass is 15.1. The first kappa shape index (κ1) is 16.8. The zero-order chi connectivity index (χ0) is 15.8. The fourth-order valence-corrected chi connectivity index (χ4v) is 3.05. The first-order chi connectivity index (χ1) is 10.6. The van der Waals surface area contributed by atoms with Crippen LogP contribution in [-0.2, 0) is 0 Å². The Hall–Kier alpha value is -1.55. The maximum absolute atomic E-state index is 5.93. The molecule has 3 N–H and O–H groups in total. The van der Waals surface area contributed by atoms with E-state index in [1.54, 1.807) is 0 Å². The molecule has 22 heavy (non-hydrogen) atoms. The molecule has 1 saturated carbocycles. The molecule has 0 bridgehead atoms. The van der Waals surface area contributed by atoms with Gasteiger partial charge in [-0.3, -0.25) is 4.99 Å². The summed E-state index contributed by atoms with van der Waals surface area (Å²) < 4.78 is 0. The number of anilines is 1. The normalized spacial score (nSPS) is 17.0. The summed E-state index contributed by atoms with van der Waals surface area (Å²) in [4.78, 5) is 6.91. The summed E-state index contributed by atoms with van der Waals surface area (Å²) in [7, 11) is 2.24. The Bertz CT molecular complexity index is 460. The Labute approximate surface area is 134 Å². The fraction of sp³-hybridized carbons (Fsp3) is 0.611. The monoisotopic (exact) mass is 302 g/mol. The van der Waals surface area contributed by atoms with E-state index >= 15 is 0 Å². The summed E-state index contributed by atoms with van der Waals surface area (Å²) in [5.41, 5.74) is 8.16. The standard InChI is InChI=1S/C18H30N4/c1-15-9-11-16(12-10-15)21-18(19)20-13-6-14-22(2)17-7-4-3-5-8-17/h9-12,17H,3-8,13-14H2,1-2H3,(H3,19,20,21). The second-order valence-electron chi connectivity index (χ2n) is 6.38. The number of aliphatic imine (C=N–C) groups is 1. The highest BCUT2D eigenvalue weighted by Gasteiger charge is 2.16. The molecule has 1 fully saturated rings. The Morgan fingerprint density at radius 1 is 1.23 bits per heavy atom. The third-order valence-electron chi connectivity index (χ3n) is 4.47. The molecule has 0 heterocycles. The van der Waals surface area contributed by atoms with E-state index in [9.17, 15) is 0 Å². The van der Waals surface area contributed by atoms with E-state index < -0.39 is 0 Å². The Morgan fingerprint density at radius 2 is 1.91 bits per heavy atom. The van der Waals surface area contributed by atoms with Gasteiger partial charge in [0, 0.05) is 18.3 Å². The Kier molecular flexibility index (Phi) is 6.72. The van der Waals surface area contributed by atoms with E-state index in [4.69, 9.17) is 5.73 Å². The summed E-state index contributed by atoms with van der Waals surface area (Å²) in [6.07, 6.45) is 7.97. The van der Waals surface area contributed by atoms with Crippen LogP contribution >= 0.6 is 0 Å². The van der Waals surface area contributed by atoms with Crippen LogP contribution in [0.15, 0.2) is 29.3 Å². The molecule has 122 valence electrons. The minimum atomic E-state index is 0.504. The first-order valence-electron chi connectivity index (χ1n) is 8.49. The highest BCUT2D eigenvalue weighted by Crippen LogP contribution is 2.21. The summed E-state index contributed by atoms with van der Waals surface area (Å²) in [5.74, 6) is 0.504. The average Bonchev–Trinajstić information content (AvgIpc) is 2.54. The lowest BCUT2D eigenvalue weighted by atomic mass is 9.94. The molecule has 0 radical (unpaired) electrons. The molecule has 0 aliphatic heterocycles. The van der Waals surface area contributed by atoms with Gasteiger partial charge in [-0.05, 0) is 51.9 Å². The number of benzene rings is 1. The number of hydrogen-bond donors (Lipinski definition) is 2. The number of aryl methyl sites for hydroxylation is 1. The summed E-state index contributed by atoms with van der Waals surface area (Å²) in [6.45, 7) is 3.96. The van der Waals surface area contributed by atoms with Gasteiger partial charge in [-0.15, -0.1) is 0 Å². The molecule has 4 nitrogen and oxygen atoms in total. The minimum Gasteiger partial charge on any atom is -0.370 e. The molecule has 4 heteroatoms. The number of nitrogens with two attached hydrogens (primary N) is 1. The van der Waals surface area contributed by atoms with Crippen molar-refractivity contribution in [2.75, 3.05) is 25.5 Å². The van der Waals surface area contributed by atoms with Gasteiger partial charge in [0.15, 0.2) is 5.96 Å². The predicted molar refractivity (Wildman–Crippen MR) is 95.4 cm³/mol. The zero-order valence-electron chi connectivity index (χ0n) is 14.0. The van der Waals surface area contributed by atoms with Gasteiger partial charge in [0.2, 0.25) is 0 Å². The molecule has 0 aromatic heterocycles. The fourth-order valence-electron chi connectivity index (χ4n) is 3.05. The third kappa shape index (κ3) is 5.68. The van der Waals surface area contributed by atoms with Crippen LogP contribution in [-0.4, -0.2) is 37.0 Å². The van der Waals surface area contributed by atoms with Crippen molar-refractivity contribution >= 4 is 11.6 Å². The summed E-state index contributed by atoms with van der Waals surface area (Å²) in [6, 6.07) is 8.95. The molecule has 0 spiro atoms. The number of rotatable bonds is 6. The molecule has 1 aliphatic carbocycles. The number of nitrogens with one attached hydrogen (secondary N) is 1. The molecule has 0 unspecified atom stereocenters. The van der Waals surface area contributed by atoms with Gasteiger partial charge < -0.3 is 16.0 Å². The zero-order valence-corrected chi connectivity index (χ0v) is 14.0. The summed E-state index contributed by atoms with van der Waals surface area (Å²) in [5, 5.41) is 3.13. The molecular formula is C18H30N4. The van der Waals surface area contributed by atoms with Crippen molar-refractivity contribution in [2.24, 2.45) is 10.7 Å². The quantitative estimate of drug-likeness (QED) is 0.481. The SMILES string of the molecule is Cc1ccc(NC(N)=NCCCN(C)C2CCCCC2)cc1. The summed E-state index contributed by atoms with van der Waals surface area (Å²) >= 11 is 0. The molecule has 1 aromatic rings. The second-order valence-corrected chi connectivity index (χ2v) is 6.38. The van der Waals surface area contributed by atoms with Crippen molar-refractivity contribution in [3.05, 3.63) is 29.8 Å². The van der Waals surface area contributed by atoms with Gasteiger partial charge in [0.05, 0.1) is 0 Å². The van der Waals surface area contributed by atoms with Crippen LogP contribution in [0.1, 0.15) is 44.1 Å². The second kappa shape index (κ2) is 8.79. The van der Waals surface area contributed by atoms with Crippen LogP contribution in [0, 0.1) is 6.92 Å². The maximum Gasteiger partial charge on any atom is 0.193 e. The third-order valence-corrected chi connectivity index (χ3v) is 4.47. The van der Waals surface area contributed by atoms with Crippen LogP contribution < -0.4 is 11.1 Å². The van der Waals surface area contributed by atoms with E-state index in [1.807, 2.05) is 12.1 Å². The van der Waals surface area contributed by atoms with Gasteiger partial charge in [-0.1, -0.05) is 37.0 Å². The van der Waals surface area contributed by atoms with Crippen molar-refractivity contribution in [3.63, 3.8) is 0 Å². The molecule has 0 atom stereocenters. The van der Waals surface area contributed by atoms with Crippen LogP contribution in [0.2, 0.25) is 0 Å².